The summed E-state index contributed by atoms with van der Waals surface area (Å²) < 4.78 is 5.67. The van der Waals surface area contributed by atoms with E-state index in [4.69, 9.17) is 0 Å². The molecular formula is C9H13N5S. The average molecular weight is 223 g/mol. The van der Waals surface area contributed by atoms with E-state index in [1.54, 1.807) is 4.68 Å². The highest BCUT2D eigenvalue weighted by Gasteiger charge is 2.17. The van der Waals surface area contributed by atoms with Crippen LogP contribution < -0.4 is 5.32 Å². The molecule has 1 unspecified atom stereocenters. The highest BCUT2D eigenvalue weighted by molar-refractivity contribution is 7.03. The van der Waals surface area contributed by atoms with Gasteiger partial charge in [-0.15, -0.1) is 5.10 Å². The average Bonchev–Trinajstić information content (AvgIpc) is 2.85. The van der Waals surface area contributed by atoms with E-state index in [-0.39, 0.29) is 6.04 Å². The summed E-state index contributed by atoms with van der Waals surface area (Å²) >= 11 is 1.36. The smallest absolute Gasteiger partial charge is 0.0986 e. The normalized spacial score (nSPS) is 12.9. The van der Waals surface area contributed by atoms with Crippen molar-refractivity contribution in [3.63, 3.8) is 0 Å². The van der Waals surface area contributed by atoms with Gasteiger partial charge in [-0.05, 0) is 24.1 Å². The van der Waals surface area contributed by atoms with E-state index in [9.17, 15) is 0 Å². The van der Waals surface area contributed by atoms with Crippen molar-refractivity contribution in [1.29, 1.82) is 0 Å². The van der Waals surface area contributed by atoms with Crippen LogP contribution in [-0.2, 0) is 7.05 Å². The lowest BCUT2D eigenvalue weighted by Gasteiger charge is -2.11. The number of aromatic nitrogens is 4. The van der Waals surface area contributed by atoms with Gasteiger partial charge in [0.2, 0.25) is 0 Å². The molecule has 15 heavy (non-hydrogen) atoms. The summed E-state index contributed by atoms with van der Waals surface area (Å²) in [5, 5.41) is 13.7. The molecule has 2 heterocycles. The zero-order chi connectivity index (χ0) is 10.7. The Balaban J connectivity index is 2.27. The maximum Gasteiger partial charge on any atom is 0.0986 e. The van der Waals surface area contributed by atoms with Gasteiger partial charge >= 0.3 is 0 Å². The van der Waals surface area contributed by atoms with Crippen LogP contribution in [0.2, 0.25) is 0 Å². The Bertz CT molecular complexity index is 408. The second-order valence-corrected chi connectivity index (χ2v) is 3.84. The van der Waals surface area contributed by atoms with E-state index >= 15 is 0 Å². The zero-order valence-electron chi connectivity index (χ0n) is 8.71. The Morgan fingerprint density at radius 2 is 2.40 bits per heavy atom. The summed E-state index contributed by atoms with van der Waals surface area (Å²) in [6, 6.07) is 2.04. The summed E-state index contributed by atoms with van der Waals surface area (Å²) in [7, 11) is 1.91. The van der Waals surface area contributed by atoms with Crippen molar-refractivity contribution in [2.45, 2.75) is 13.0 Å². The molecule has 0 saturated carbocycles. The molecule has 6 heteroatoms. The van der Waals surface area contributed by atoms with Crippen molar-refractivity contribution in [1.82, 2.24) is 24.7 Å². The number of rotatable bonds is 4. The Morgan fingerprint density at radius 3 is 2.93 bits per heavy atom. The first-order valence-electron chi connectivity index (χ1n) is 4.81. The summed E-state index contributed by atoms with van der Waals surface area (Å²) in [5.74, 6) is 0. The van der Waals surface area contributed by atoms with Crippen LogP contribution >= 0.6 is 11.5 Å². The molecule has 0 saturated heterocycles. The maximum atomic E-state index is 4.38. The SMILES string of the molecule is CCNC(c1csnn1)c1ccn(C)n1. The van der Waals surface area contributed by atoms with Crippen molar-refractivity contribution in [2.75, 3.05) is 6.54 Å². The third-order valence-corrected chi connectivity index (χ3v) is 2.63. The third-order valence-electron chi connectivity index (χ3n) is 2.11. The quantitative estimate of drug-likeness (QED) is 0.839. The first-order chi connectivity index (χ1) is 7.31. The van der Waals surface area contributed by atoms with E-state index < -0.39 is 0 Å². The van der Waals surface area contributed by atoms with Gasteiger partial charge < -0.3 is 5.32 Å². The molecule has 2 aromatic rings. The minimum Gasteiger partial charge on any atom is -0.304 e. The van der Waals surface area contributed by atoms with Crippen molar-refractivity contribution in [2.24, 2.45) is 7.05 Å². The molecule has 2 aromatic heterocycles. The number of hydrogen-bond donors (Lipinski definition) is 1. The molecule has 0 aliphatic rings. The lowest BCUT2D eigenvalue weighted by Crippen LogP contribution is -2.23. The van der Waals surface area contributed by atoms with Crippen LogP contribution in [0.5, 0.6) is 0 Å². The van der Waals surface area contributed by atoms with Gasteiger partial charge in [-0.25, -0.2) is 0 Å². The van der Waals surface area contributed by atoms with E-state index in [1.165, 1.54) is 11.5 Å². The van der Waals surface area contributed by atoms with Crippen molar-refractivity contribution < 1.29 is 0 Å². The topological polar surface area (TPSA) is 55.6 Å². The van der Waals surface area contributed by atoms with Gasteiger partial charge in [-0.1, -0.05) is 11.4 Å². The molecule has 1 atom stereocenters. The summed E-state index contributed by atoms with van der Waals surface area (Å²) in [6.07, 6.45) is 1.93. The molecule has 1 N–H and O–H groups in total. The van der Waals surface area contributed by atoms with Gasteiger partial charge in [0.15, 0.2) is 0 Å². The van der Waals surface area contributed by atoms with Crippen LogP contribution in [0.15, 0.2) is 17.6 Å². The van der Waals surface area contributed by atoms with Crippen LogP contribution in [0.4, 0.5) is 0 Å². The van der Waals surface area contributed by atoms with Crippen LogP contribution in [0.1, 0.15) is 24.4 Å². The van der Waals surface area contributed by atoms with E-state index in [0.717, 1.165) is 17.9 Å². The number of hydrogen-bond acceptors (Lipinski definition) is 5. The third kappa shape index (κ3) is 2.21. The molecular weight excluding hydrogens is 210 g/mol. The van der Waals surface area contributed by atoms with Crippen molar-refractivity contribution in [3.8, 4) is 0 Å². The zero-order valence-corrected chi connectivity index (χ0v) is 9.53. The highest BCUT2D eigenvalue weighted by Crippen LogP contribution is 2.18. The Labute approximate surface area is 92.3 Å². The predicted molar refractivity (Wildman–Crippen MR) is 58.6 cm³/mol. The van der Waals surface area contributed by atoms with Gasteiger partial charge in [0.25, 0.3) is 0 Å². The Kier molecular flexibility index (Phi) is 3.08. The van der Waals surface area contributed by atoms with E-state index in [0.29, 0.717) is 0 Å². The van der Waals surface area contributed by atoms with Gasteiger partial charge in [0.05, 0.1) is 17.4 Å². The Hall–Kier alpha value is -1.27. The first-order valence-corrected chi connectivity index (χ1v) is 5.64. The molecule has 0 aromatic carbocycles. The lowest BCUT2D eigenvalue weighted by atomic mass is 10.1. The largest absolute Gasteiger partial charge is 0.304 e. The fraction of sp³-hybridized carbons (Fsp3) is 0.444. The lowest BCUT2D eigenvalue weighted by molar-refractivity contribution is 0.586. The fourth-order valence-corrected chi connectivity index (χ4v) is 1.93. The molecule has 0 spiro atoms. The van der Waals surface area contributed by atoms with Crippen LogP contribution in [-0.4, -0.2) is 25.9 Å². The molecule has 2 rings (SSSR count). The molecule has 5 nitrogen and oxygen atoms in total. The van der Waals surface area contributed by atoms with Gasteiger partial charge in [-0.3, -0.25) is 4.68 Å². The number of nitrogens with zero attached hydrogens (tertiary/aromatic N) is 4. The summed E-state index contributed by atoms with van der Waals surface area (Å²) in [6.45, 7) is 2.94. The van der Waals surface area contributed by atoms with Gasteiger partial charge in [0, 0.05) is 18.6 Å². The molecule has 0 bridgehead atoms. The van der Waals surface area contributed by atoms with Gasteiger partial charge in [-0.2, -0.15) is 5.10 Å². The highest BCUT2D eigenvalue weighted by atomic mass is 32.1. The summed E-state index contributed by atoms with van der Waals surface area (Å²) in [5.41, 5.74) is 1.91. The molecule has 0 aliphatic carbocycles. The molecule has 80 valence electrons. The number of nitrogens with one attached hydrogen (secondary N) is 1. The minimum atomic E-state index is 0.0509. The van der Waals surface area contributed by atoms with Crippen LogP contribution in [0.25, 0.3) is 0 Å². The van der Waals surface area contributed by atoms with E-state index in [2.05, 4.69) is 26.9 Å². The van der Waals surface area contributed by atoms with Crippen LogP contribution in [0, 0.1) is 0 Å². The monoisotopic (exact) mass is 223 g/mol. The Morgan fingerprint density at radius 1 is 1.53 bits per heavy atom. The van der Waals surface area contributed by atoms with Crippen molar-refractivity contribution >= 4 is 11.5 Å². The number of aryl methyl sites for hydroxylation is 1. The second kappa shape index (κ2) is 4.50. The first kappa shape index (κ1) is 10.3. The molecule has 0 fully saturated rings. The molecule has 0 aliphatic heterocycles. The van der Waals surface area contributed by atoms with Gasteiger partial charge in [0.1, 0.15) is 0 Å². The molecule has 0 amide bonds. The van der Waals surface area contributed by atoms with Crippen LogP contribution in [0.3, 0.4) is 0 Å². The summed E-state index contributed by atoms with van der Waals surface area (Å²) in [4.78, 5) is 0. The fourth-order valence-electron chi connectivity index (χ4n) is 1.45. The molecule has 0 radical (unpaired) electrons. The van der Waals surface area contributed by atoms with E-state index in [1.807, 2.05) is 24.7 Å². The second-order valence-electron chi connectivity index (χ2n) is 3.23. The predicted octanol–water partition coefficient (Wildman–Crippen LogP) is 0.970. The standard InChI is InChI=1S/C9H13N5S/c1-3-10-9(8-6-15-13-11-8)7-4-5-14(2)12-7/h4-6,9-10H,3H2,1-2H3. The maximum absolute atomic E-state index is 4.38. The van der Waals surface area contributed by atoms with Crippen molar-refractivity contribution in [3.05, 3.63) is 29.0 Å². The minimum absolute atomic E-state index is 0.0509.